The first-order chi connectivity index (χ1) is 13.0. The monoisotopic (exact) mass is 516 g/mol. The molecule has 4 N–H and O–H groups in total. The lowest BCUT2D eigenvalue weighted by molar-refractivity contribution is -0.119. The molecule has 0 radical (unpaired) electrons. The molecule has 28 heavy (non-hydrogen) atoms. The number of ether oxygens (including phenoxy) is 1. The van der Waals surface area contributed by atoms with Crippen molar-refractivity contribution < 1.29 is 9.53 Å². The fraction of sp³-hybridized carbons (Fsp3) is 0.400. The van der Waals surface area contributed by atoms with E-state index < -0.39 is 5.91 Å². The molecule has 0 aliphatic rings. The van der Waals surface area contributed by atoms with Crippen LogP contribution >= 0.6 is 35.3 Å². The summed E-state index contributed by atoms with van der Waals surface area (Å²) in [7, 11) is 0. The van der Waals surface area contributed by atoms with Crippen LogP contribution in [0.4, 0.5) is 0 Å². The zero-order valence-corrected chi connectivity index (χ0v) is 19.7. The Hall–Kier alpha value is -1.81. The summed E-state index contributed by atoms with van der Waals surface area (Å²) >= 11 is 1.83. The van der Waals surface area contributed by atoms with Crippen molar-refractivity contribution in [2.24, 2.45) is 10.7 Å². The van der Waals surface area contributed by atoms with Crippen molar-refractivity contribution in [2.45, 2.75) is 39.8 Å². The number of guanidine groups is 1. The van der Waals surface area contributed by atoms with Crippen molar-refractivity contribution >= 4 is 47.2 Å². The number of rotatable bonds is 9. The van der Waals surface area contributed by atoms with Gasteiger partial charge in [-0.05, 0) is 50.6 Å². The maximum atomic E-state index is 10.8. The average molecular weight is 516 g/mol. The summed E-state index contributed by atoms with van der Waals surface area (Å²) in [5, 5.41) is 6.73. The molecule has 1 atom stereocenters. The molecule has 154 valence electrons. The largest absolute Gasteiger partial charge is 0.484 e. The number of halogens is 1. The van der Waals surface area contributed by atoms with E-state index in [2.05, 4.69) is 41.6 Å². The van der Waals surface area contributed by atoms with Gasteiger partial charge in [0.1, 0.15) is 5.75 Å². The molecule has 8 heteroatoms. The minimum atomic E-state index is -0.494. The third kappa shape index (κ3) is 8.92. The highest BCUT2D eigenvalue weighted by Gasteiger charge is 2.08. The van der Waals surface area contributed by atoms with Gasteiger partial charge in [-0.2, -0.15) is 0 Å². The topological polar surface area (TPSA) is 88.7 Å². The molecular formula is C20H29IN4O2S. The molecule has 0 spiro atoms. The molecule has 0 aliphatic carbocycles. The van der Waals surface area contributed by atoms with E-state index in [1.165, 1.54) is 9.75 Å². The molecule has 0 fully saturated rings. The van der Waals surface area contributed by atoms with Crippen molar-refractivity contribution in [1.82, 2.24) is 10.6 Å². The minimum absolute atomic E-state index is 0. The fourth-order valence-electron chi connectivity index (χ4n) is 2.56. The van der Waals surface area contributed by atoms with E-state index >= 15 is 0 Å². The van der Waals surface area contributed by atoms with E-state index in [-0.39, 0.29) is 36.6 Å². The molecule has 1 amide bonds. The van der Waals surface area contributed by atoms with Gasteiger partial charge in [0.05, 0.1) is 6.54 Å². The SMILES string of the molecule is CCNC(=NCc1cccc(OCC(N)=O)c1)NC(C)Cc1ccc(C)s1.I. The predicted molar refractivity (Wildman–Crippen MR) is 127 cm³/mol. The number of hydrogen-bond donors (Lipinski definition) is 3. The van der Waals surface area contributed by atoms with E-state index in [0.717, 1.165) is 24.5 Å². The second-order valence-electron chi connectivity index (χ2n) is 6.36. The number of aryl methyl sites for hydroxylation is 1. The molecule has 2 rings (SSSR count). The van der Waals surface area contributed by atoms with Crippen molar-refractivity contribution in [2.75, 3.05) is 13.2 Å². The van der Waals surface area contributed by atoms with Crippen molar-refractivity contribution in [3.05, 3.63) is 51.7 Å². The zero-order chi connectivity index (χ0) is 19.6. The van der Waals surface area contributed by atoms with E-state index in [1.54, 1.807) is 6.07 Å². The Balaban J connectivity index is 0.00000392. The molecule has 1 heterocycles. The third-order valence-electron chi connectivity index (χ3n) is 3.73. The number of benzene rings is 1. The van der Waals surface area contributed by atoms with Crippen molar-refractivity contribution in [3.63, 3.8) is 0 Å². The van der Waals surface area contributed by atoms with Crippen LogP contribution in [0.1, 0.15) is 29.2 Å². The lowest BCUT2D eigenvalue weighted by atomic mass is 10.2. The first-order valence-electron chi connectivity index (χ1n) is 9.06. The maximum Gasteiger partial charge on any atom is 0.255 e. The fourth-order valence-corrected chi connectivity index (χ4v) is 3.58. The Morgan fingerprint density at radius 3 is 2.75 bits per heavy atom. The standard InChI is InChI=1S/C20H28N4O2S.HI/c1-4-22-20(24-14(2)10-18-9-8-15(3)27-18)23-12-16-6-5-7-17(11-16)26-13-19(21)25;/h5-9,11,14H,4,10,12-13H2,1-3H3,(H2,21,25)(H2,22,23,24);1H. The number of thiophene rings is 1. The van der Waals surface area contributed by atoms with Gasteiger partial charge in [-0.1, -0.05) is 12.1 Å². The molecule has 0 saturated carbocycles. The van der Waals surface area contributed by atoms with Crippen LogP contribution in [0.2, 0.25) is 0 Å². The summed E-state index contributed by atoms with van der Waals surface area (Å²) in [6, 6.07) is 12.1. The molecule has 6 nitrogen and oxygen atoms in total. The number of aliphatic imine (C=N–C) groups is 1. The van der Waals surface area contributed by atoms with Gasteiger partial charge in [0.15, 0.2) is 12.6 Å². The first-order valence-corrected chi connectivity index (χ1v) is 9.88. The number of hydrogen-bond acceptors (Lipinski definition) is 4. The molecule has 0 aliphatic heterocycles. The number of amides is 1. The highest BCUT2D eigenvalue weighted by molar-refractivity contribution is 14.0. The van der Waals surface area contributed by atoms with Crippen LogP contribution in [-0.4, -0.2) is 31.1 Å². The van der Waals surface area contributed by atoms with Gasteiger partial charge < -0.3 is 21.1 Å². The van der Waals surface area contributed by atoms with Crippen LogP contribution in [0.25, 0.3) is 0 Å². The average Bonchev–Trinajstić information content (AvgIpc) is 3.03. The van der Waals surface area contributed by atoms with Crippen LogP contribution in [0, 0.1) is 6.92 Å². The molecule has 2 aromatic rings. The van der Waals surface area contributed by atoms with Gasteiger partial charge in [0.25, 0.3) is 5.91 Å². The number of nitrogens with zero attached hydrogens (tertiary/aromatic N) is 1. The summed E-state index contributed by atoms with van der Waals surface area (Å²) in [6.07, 6.45) is 0.958. The minimum Gasteiger partial charge on any atom is -0.484 e. The van der Waals surface area contributed by atoms with Crippen molar-refractivity contribution in [1.29, 1.82) is 0 Å². The summed E-state index contributed by atoms with van der Waals surface area (Å²) in [4.78, 5) is 18.2. The summed E-state index contributed by atoms with van der Waals surface area (Å²) in [5.41, 5.74) is 6.11. The van der Waals surface area contributed by atoms with Gasteiger partial charge in [0, 0.05) is 28.8 Å². The Bertz CT molecular complexity index is 779. The van der Waals surface area contributed by atoms with Gasteiger partial charge >= 0.3 is 0 Å². The maximum absolute atomic E-state index is 10.8. The smallest absolute Gasteiger partial charge is 0.255 e. The molecule has 1 aromatic heterocycles. The van der Waals surface area contributed by atoms with E-state index in [0.29, 0.717) is 12.3 Å². The van der Waals surface area contributed by atoms with Crippen LogP contribution in [-0.2, 0) is 17.8 Å². The number of nitrogens with two attached hydrogens (primary N) is 1. The van der Waals surface area contributed by atoms with E-state index in [1.807, 2.05) is 36.5 Å². The van der Waals surface area contributed by atoms with Crippen molar-refractivity contribution in [3.8, 4) is 5.75 Å². The second-order valence-corrected chi connectivity index (χ2v) is 7.73. The lowest BCUT2D eigenvalue weighted by Crippen LogP contribution is -2.43. The zero-order valence-electron chi connectivity index (χ0n) is 16.5. The van der Waals surface area contributed by atoms with Crippen LogP contribution in [0.15, 0.2) is 41.4 Å². The first kappa shape index (κ1) is 24.2. The molecule has 0 bridgehead atoms. The molecule has 1 aromatic carbocycles. The molecule has 1 unspecified atom stereocenters. The van der Waals surface area contributed by atoms with E-state index in [4.69, 9.17) is 10.5 Å². The van der Waals surface area contributed by atoms with Gasteiger partial charge in [-0.25, -0.2) is 4.99 Å². The second kappa shape index (κ2) is 12.6. The van der Waals surface area contributed by atoms with Crippen LogP contribution in [0.5, 0.6) is 5.75 Å². The normalized spacial score (nSPS) is 12.0. The Morgan fingerprint density at radius 1 is 1.32 bits per heavy atom. The number of carbonyl (C=O) groups excluding carboxylic acids is 1. The Kier molecular flexibility index (Phi) is 10.9. The molecular weight excluding hydrogens is 487 g/mol. The van der Waals surface area contributed by atoms with Gasteiger partial charge in [-0.3, -0.25) is 4.79 Å². The number of nitrogens with one attached hydrogen (secondary N) is 2. The number of primary amides is 1. The third-order valence-corrected chi connectivity index (χ3v) is 4.75. The van der Waals surface area contributed by atoms with Gasteiger partial charge in [-0.15, -0.1) is 35.3 Å². The highest BCUT2D eigenvalue weighted by atomic mass is 127. The lowest BCUT2D eigenvalue weighted by Gasteiger charge is -2.17. The van der Waals surface area contributed by atoms with Gasteiger partial charge in [0.2, 0.25) is 0 Å². The predicted octanol–water partition coefficient (Wildman–Crippen LogP) is 3.22. The van der Waals surface area contributed by atoms with Crippen LogP contribution < -0.4 is 21.1 Å². The Labute approximate surface area is 188 Å². The summed E-state index contributed by atoms with van der Waals surface area (Å²) in [6.45, 7) is 7.49. The Morgan fingerprint density at radius 2 is 2.11 bits per heavy atom. The van der Waals surface area contributed by atoms with Crippen LogP contribution in [0.3, 0.4) is 0 Å². The highest BCUT2D eigenvalue weighted by Crippen LogP contribution is 2.17. The quantitative estimate of drug-likeness (QED) is 0.271. The summed E-state index contributed by atoms with van der Waals surface area (Å²) in [5.74, 6) is 0.898. The molecule has 0 saturated heterocycles. The summed E-state index contributed by atoms with van der Waals surface area (Å²) < 4.78 is 5.34. The number of carbonyl (C=O) groups is 1. The van der Waals surface area contributed by atoms with E-state index in [9.17, 15) is 4.79 Å².